The Hall–Kier alpha value is -0.0151. The van der Waals surface area contributed by atoms with Crippen LogP contribution in [0.5, 0.6) is 0 Å². The van der Waals surface area contributed by atoms with Gasteiger partial charge in [0.2, 0.25) is 0 Å². The Morgan fingerprint density at radius 2 is 2.33 bits per heavy atom. The Balaban J connectivity index is 2.13. The topological polar surface area (TPSA) is 32.3 Å². The molecule has 1 heterocycles. The summed E-state index contributed by atoms with van der Waals surface area (Å²) in [6.45, 7) is 6.42. The van der Waals surface area contributed by atoms with E-state index >= 15 is 0 Å². The second kappa shape index (κ2) is 4.29. The van der Waals surface area contributed by atoms with Crippen LogP contribution in [-0.2, 0) is 0 Å². The van der Waals surface area contributed by atoms with Gasteiger partial charge in [-0.1, -0.05) is 20.2 Å². The summed E-state index contributed by atoms with van der Waals surface area (Å²) in [5.41, 5.74) is 0.509. The average Bonchev–Trinajstić information content (AvgIpc) is 2.35. The summed E-state index contributed by atoms with van der Waals surface area (Å²) in [4.78, 5) is 0. The van der Waals surface area contributed by atoms with E-state index in [1.54, 1.807) is 0 Å². The van der Waals surface area contributed by atoms with Crippen molar-refractivity contribution < 1.29 is 5.02 Å². The van der Waals surface area contributed by atoms with Crippen molar-refractivity contribution in [3.05, 3.63) is 0 Å². The second-order valence-electron chi connectivity index (χ2n) is 4.48. The summed E-state index contributed by atoms with van der Waals surface area (Å²) in [5, 5.41) is 12.5. The summed E-state index contributed by atoms with van der Waals surface area (Å²) in [6, 6.07) is 0. The fourth-order valence-corrected chi connectivity index (χ4v) is 1.91. The van der Waals surface area contributed by atoms with E-state index in [9.17, 15) is 0 Å². The molecule has 3 heteroatoms. The standard InChI is InChI=1S/C9H20BNO/c1-9(5-7-11-8-9)4-3-6-10(2)12/h11-12H,3-8H2,1-2H3. The van der Waals surface area contributed by atoms with Gasteiger partial charge in [0, 0.05) is 6.54 Å². The third kappa shape index (κ3) is 3.15. The van der Waals surface area contributed by atoms with Crippen LogP contribution in [0.25, 0.3) is 0 Å². The number of hydrogen-bond donors (Lipinski definition) is 2. The molecule has 0 aromatic heterocycles. The Bertz CT molecular complexity index is 132. The van der Waals surface area contributed by atoms with Gasteiger partial charge in [0.25, 0.3) is 6.92 Å². The Labute approximate surface area is 75.9 Å². The van der Waals surface area contributed by atoms with Crippen molar-refractivity contribution in [3.8, 4) is 0 Å². The highest BCUT2D eigenvalue weighted by atomic mass is 16.2. The Kier molecular flexibility index (Phi) is 3.60. The van der Waals surface area contributed by atoms with Crippen LogP contribution in [0.1, 0.15) is 26.2 Å². The maximum absolute atomic E-state index is 9.09. The molecule has 0 aromatic carbocycles. The van der Waals surface area contributed by atoms with E-state index < -0.39 is 0 Å². The molecule has 1 rings (SSSR count). The van der Waals surface area contributed by atoms with Crippen molar-refractivity contribution in [1.29, 1.82) is 0 Å². The zero-order chi connectivity index (χ0) is 9.03. The van der Waals surface area contributed by atoms with Gasteiger partial charge in [-0.15, -0.1) is 0 Å². The molecule has 2 nitrogen and oxygen atoms in total. The van der Waals surface area contributed by atoms with Gasteiger partial charge in [-0.25, -0.2) is 0 Å². The molecule has 1 aliphatic heterocycles. The molecule has 0 radical (unpaired) electrons. The van der Waals surface area contributed by atoms with Gasteiger partial charge in [-0.05, 0) is 31.1 Å². The van der Waals surface area contributed by atoms with E-state index in [2.05, 4.69) is 12.2 Å². The molecule has 70 valence electrons. The normalized spacial score (nSPS) is 29.2. The van der Waals surface area contributed by atoms with Crippen LogP contribution in [0.15, 0.2) is 0 Å². The Morgan fingerprint density at radius 3 is 2.83 bits per heavy atom. The second-order valence-corrected chi connectivity index (χ2v) is 4.48. The van der Waals surface area contributed by atoms with Crippen molar-refractivity contribution in [3.63, 3.8) is 0 Å². The third-order valence-corrected chi connectivity index (χ3v) is 2.86. The highest BCUT2D eigenvalue weighted by molar-refractivity contribution is 6.48. The van der Waals surface area contributed by atoms with E-state index in [1.165, 1.54) is 19.4 Å². The largest absolute Gasteiger partial charge is 0.451 e. The number of rotatable bonds is 4. The predicted molar refractivity (Wildman–Crippen MR) is 53.5 cm³/mol. The highest BCUT2D eigenvalue weighted by Crippen LogP contribution is 2.30. The quantitative estimate of drug-likeness (QED) is 0.623. The van der Waals surface area contributed by atoms with Crippen molar-refractivity contribution in [2.75, 3.05) is 13.1 Å². The van der Waals surface area contributed by atoms with Gasteiger partial charge in [0.1, 0.15) is 0 Å². The predicted octanol–water partition coefficient (Wildman–Crippen LogP) is 1.38. The fraction of sp³-hybridized carbons (Fsp3) is 1.00. The van der Waals surface area contributed by atoms with Crippen molar-refractivity contribution in [2.24, 2.45) is 5.41 Å². The minimum Gasteiger partial charge on any atom is -0.451 e. The highest BCUT2D eigenvalue weighted by Gasteiger charge is 2.27. The molecule has 0 aliphatic carbocycles. The van der Waals surface area contributed by atoms with E-state index in [0.717, 1.165) is 19.3 Å². The first kappa shape index (κ1) is 10.1. The van der Waals surface area contributed by atoms with Crippen LogP contribution in [0.2, 0.25) is 13.1 Å². The van der Waals surface area contributed by atoms with Crippen LogP contribution in [-0.4, -0.2) is 25.0 Å². The van der Waals surface area contributed by atoms with Crippen LogP contribution >= 0.6 is 0 Å². The minimum absolute atomic E-state index is 0.122. The van der Waals surface area contributed by atoms with Gasteiger partial charge in [0.15, 0.2) is 0 Å². The molecule has 1 fully saturated rings. The lowest BCUT2D eigenvalue weighted by atomic mass is 9.65. The van der Waals surface area contributed by atoms with Crippen LogP contribution in [0.4, 0.5) is 0 Å². The van der Waals surface area contributed by atoms with Gasteiger partial charge >= 0.3 is 0 Å². The summed E-state index contributed by atoms with van der Waals surface area (Å²) in [7, 11) is 0. The molecule has 1 saturated heterocycles. The van der Waals surface area contributed by atoms with Gasteiger partial charge in [0.05, 0.1) is 0 Å². The fourth-order valence-electron chi connectivity index (χ4n) is 1.91. The molecular weight excluding hydrogens is 149 g/mol. The molecule has 0 saturated carbocycles. The molecule has 0 aromatic rings. The van der Waals surface area contributed by atoms with E-state index in [-0.39, 0.29) is 6.92 Å². The Morgan fingerprint density at radius 1 is 1.58 bits per heavy atom. The lowest BCUT2D eigenvalue weighted by Gasteiger charge is -2.22. The van der Waals surface area contributed by atoms with E-state index in [1.807, 2.05) is 6.82 Å². The van der Waals surface area contributed by atoms with E-state index in [4.69, 9.17) is 5.02 Å². The molecule has 1 aliphatic rings. The maximum Gasteiger partial charge on any atom is 0.285 e. The average molecular weight is 169 g/mol. The first-order valence-corrected chi connectivity index (χ1v) is 5.01. The summed E-state index contributed by atoms with van der Waals surface area (Å²) >= 11 is 0. The number of hydrogen-bond acceptors (Lipinski definition) is 2. The molecule has 0 spiro atoms. The summed E-state index contributed by atoms with van der Waals surface area (Å²) < 4.78 is 0. The molecule has 1 atom stereocenters. The third-order valence-electron chi connectivity index (χ3n) is 2.86. The molecule has 0 amide bonds. The lowest BCUT2D eigenvalue weighted by Crippen LogP contribution is -2.20. The first-order valence-electron chi connectivity index (χ1n) is 5.01. The van der Waals surface area contributed by atoms with Gasteiger partial charge in [-0.3, -0.25) is 0 Å². The first-order chi connectivity index (χ1) is 5.62. The van der Waals surface area contributed by atoms with Crippen molar-refractivity contribution >= 4 is 6.92 Å². The monoisotopic (exact) mass is 169 g/mol. The molecule has 1 unspecified atom stereocenters. The molecule has 2 N–H and O–H groups in total. The maximum atomic E-state index is 9.09. The zero-order valence-electron chi connectivity index (χ0n) is 8.27. The number of nitrogens with one attached hydrogen (secondary N) is 1. The summed E-state index contributed by atoms with van der Waals surface area (Å²) in [6.07, 6.45) is 4.67. The molecular formula is C9H20BNO. The van der Waals surface area contributed by atoms with Crippen LogP contribution in [0, 0.1) is 5.41 Å². The molecule has 12 heavy (non-hydrogen) atoms. The smallest absolute Gasteiger partial charge is 0.285 e. The minimum atomic E-state index is -0.122. The zero-order valence-corrected chi connectivity index (χ0v) is 8.27. The SMILES string of the molecule is CB(O)CCCC1(C)CCNC1. The molecule has 0 bridgehead atoms. The lowest BCUT2D eigenvalue weighted by molar-refractivity contribution is 0.329. The van der Waals surface area contributed by atoms with Crippen LogP contribution in [0.3, 0.4) is 0 Å². The van der Waals surface area contributed by atoms with E-state index in [0.29, 0.717) is 5.41 Å². The van der Waals surface area contributed by atoms with Crippen LogP contribution < -0.4 is 5.32 Å². The van der Waals surface area contributed by atoms with Gasteiger partial charge < -0.3 is 10.3 Å². The van der Waals surface area contributed by atoms with Gasteiger partial charge in [-0.2, -0.15) is 0 Å². The summed E-state index contributed by atoms with van der Waals surface area (Å²) in [5.74, 6) is 0. The van der Waals surface area contributed by atoms with Crippen molar-refractivity contribution in [2.45, 2.75) is 39.3 Å². The van der Waals surface area contributed by atoms with Crippen molar-refractivity contribution in [1.82, 2.24) is 5.32 Å².